The van der Waals surface area contributed by atoms with Crippen LogP contribution in [-0.4, -0.2) is 0 Å². The fraction of sp³-hybridized carbons (Fsp3) is 0. The lowest BCUT2D eigenvalue weighted by Crippen LogP contribution is -1.91. The van der Waals surface area contributed by atoms with Crippen molar-refractivity contribution in [2.75, 3.05) is 0 Å². The van der Waals surface area contributed by atoms with Gasteiger partial charge in [-0.25, -0.2) is 0 Å². The van der Waals surface area contributed by atoms with Crippen LogP contribution < -0.4 is 0 Å². The fourth-order valence-corrected chi connectivity index (χ4v) is 11.2. The maximum atomic E-state index is 7.11. The number of hydrogen-bond acceptors (Lipinski definition) is 2. The van der Waals surface area contributed by atoms with Crippen molar-refractivity contribution in [3.8, 4) is 44.5 Å². The Balaban J connectivity index is 1.04. The summed E-state index contributed by atoms with van der Waals surface area (Å²) >= 11 is 1.86. The van der Waals surface area contributed by atoms with E-state index in [1.165, 1.54) is 96.6 Å². The number of benzene rings is 11. The van der Waals surface area contributed by atoms with Crippen molar-refractivity contribution in [2.24, 2.45) is 0 Å². The predicted molar refractivity (Wildman–Crippen MR) is 258 cm³/mol. The Morgan fingerprint density at radius 3 is 1.32 bits per heavy atom. The van der Waals surface area contributed by atoms with Gasteiger partial charge < -0.3 is 4.42 Å². The number of furan rings is 1. The molecule has 2 heterocycles. The van der Waals surface area contributed by atoms with E-state index in [0.717, 1.165) is 33.1 Å². The first-order valence-electron chi connectivity index (χ1n) is 20.6. The van der Waals surface area contributed by atoms with Crippen LogP contribution in [0.25, 0.3) is 130 Å². The van der Waals surface area contributed by atoms with Gasteiger partial charge in [0.05, 0.1) is 0 Å². The van der Waals surface area contributed by atoms with Gasteiger partial charge in [0.1, 0.15) is 11.2 Å². The highest BCUT2D eigenvalue weighted by atomic mass is 32.1. The number of hydrogen-bond donors (Lipinski definition) is 0. The van der Waals surface area contributed by atoms with Crippen LogP contribution in [0.3, 0.4) is 0 Å². The summed E-state index contributed by atoms with van der Waals surface area (Å²) in [7, 11) is 0. The maximum absolute atomic E-state index is 7.11. The zero-order valence-corrected chi connectivity index (χ0v) is 33.3. The van der Waals surface area contributed by atoms with Crippen molar-refractivity contribution >= 4 is 96.5 Å². The molecule has 0 spiro atoms. The standard InChI is InChI=1S/C58H34OS/c1-2-15-35(16-3-1)54-40-18-4-6-20-42(40)56(43-21-7-5-19-41(43)54)37-29-31-38-48-26-14-27-49(58(48)59-51(38)34-37)57-46-24-10-8-22-44(46)55(45-23-9-11-25-47(45)57)36-30-32-53-50(33-36)39-17-12-13-28-52(39)60-53/h1-34H. The summed E-state index contributed by atoms with van der Waals surface area (Å²) in [5, 5.41) is 14.7. The molecule has 2 heteroatoms. The van der Waals surface area contributed by atoms with E-state index in [1.54, 1.807) is 0 Å². The van der Waals surface area contributed by atoms with E-state index < -0.39 is 0 Å². The van der Waals surface area contributed by atoms with E-state index in [-0.39, 0.29) is 0 Å². The van der Waals surface area contributed by atoms with Crippen molar-refractivity contribution < 1.29 is 4.42 Å². The molecule has 0 saturated carbocycles. The van der Waals surface area contributed by atoms with Gasteiger partial charge in [-0.2, -0.15) is 0 Å². The molecule has 0 N–H and O–H groups in total. The number of fused-ring (bicyclic) bond motifs is 10. The average Bonchev–Trinajstić information content (AvgIpc) is 3.88. The molecule has 0 aliphatic heterocycles. The van der Waals surface area contributed by atoms with E-state index in [4.69, 9.17) is 4.42 Å². The first kappa shape index (κ1) is 33.5. The van der Waals surface area contributed by atoms with Gasteiger partial charge in [-0.3, -0.25) is 0 Å². The molecule has 0 atom stereocenters. The average molecular weight is 779 g/mol. The third-order valence-corrected chi connectivity index (χ3v) is 13.8. The van der Waals surface area contributed by atoms with Gasteiger partial charge in [0.2, 0.25) is 0 Å². The normalized spacial score (nSPS) is 12.0. The van der Waals surface area contributed by atoms with Crippen LogP contribution >= 0.6 is 11.3 Å². The van der Waals surface area contributed by atoms with Crippen LogP contribution in [0, 0.1) is 0 Å². The van der Waals surface area contributed by atoms with E-state index in [9.17, 15) is 0 Å². The van der Waals surface area contributed by atoms with Crippen molar-refractivity contribution in [1.82, 2.24) is 0 Å². The number of rotatable bonds is 4. The van der Waals surface area contributed by atoms with Crippen LogP contribution in [0.1, 0.15) is 0 Å². The highest BCUT2D eigenvalue weighted by Gasteiger charge is 2.22. The first-order chi connectivity index (χ1) is 29.8. The predicted octanol–water partition coefficient (Wildman–Crippen LogP) is 17.2. The third kappa shape index (κ3) is 4.86. The second-order valence-corrected chi connectivity index (χ2v) is 16.9. The molecule has 1 nitrogen and oxygen atoms in total. The Labute approximate surface area is 350 Å². The molecule has 60 heavy (non-hydrogen) atoms. The molecule has 13 rings (SSSR count). The monoisotopic (exact) mass is 778 g/mol. The second-order valence-electron chi connectivity index (χ2n) is 15.9. The zero-order valence-electron chi connectivity index (χ0n) is 32.4. The lowest BCUT2D eigenvalue weighted by molar-refractivity contribution is 0.670. The summed E-state index contributed by atoms with van der Waals surface area (Å²) in [4.78, 5) is 0. The molecule has 278 valence electrons. The Morgan fingerprint density at radius 2 is 0.717 bits per heavy atom. The molecule has 0 unspecified atom stereocenters. The molecule has 0 fully saturated rings. The van der Waals surface area contributed by atoms with Gasteiger partial charge in [-0.05, 0) is 107 Å². The summed E-state index contributed by atoms with van der Waals surface area (Å²) in [5.41, 5.74) is 11.5. The lowest BCUT2D eigenvalue weighted by atomic mass is 9.85. The van der Waals surface area contributed by atoms with Crippen molar-refractivity contribution in [3.63, 3.8) is 0 Å². The van der Waals surface area contributed by atoms with Crippen molar-refractivity contribution in [2.45, 2.75) is 0 Å². The van der Waals surface area contributed by atoms with Crippen LogP contribution in [-0.2, 0) is 0 Å². The summed E-state index contributed by atoms with van der Waals surface area (Å²) in [6.07, 6.45) is 0. The Bertz CT molecular complexity index is 3770. The van der Waals surface area contributed by atoms with Crippen LogP contribution in [0.5, 0.6) is 0 Å². The molecular weight excluding hydrogens is 745 g/mol. The van der Waals surface area contributed by atoms with Gasteiger partial charge in [0, 0.05) is 42.1 Å². The zero-order chi connectivity index (χ0) is 39.3. The summed E-state index contributed by atoms with van der Waals surface area (Å²) in [6.45, 7) is 0. The van der Waals surface area contributed by atoms with Gasteiger partial charge >= 0.3 is 0 Å². The highest BCUT2D eigenvalue weighted by Crippen LogP contribution is 2.49. The number of para-hydroxylation sites is 1. The molecule has 0 radical (unpaired) electrons. The van der Waals surface area contributed by atoms with Crippen LogP contribution in [0.15, 0.2) is 211 Å². The molecule has 11 aromatic carbocycles. The summed E-state index contributed by atoms with van der Waals surface area (Å²) in [6, 6.07) is 75.5. The largest absolute Gasteiger partial charge is 0.455 e. The van der Waals surface area contributed by atoms with Crippen molar-refractivity contribution in [3.05, 3.63) is 206 Å². The minimum absolute atomic E-state index is 0.886. The SMILES string of the molecule is c1ccc(-c2c3ccccc3c(-c3ccc4c(c3)oc3c(-c5c6ccccc6c(-c6ccc7sc8ccccc8c7c6)c6ccccc56)cccc34)c3ccccc23)cc1. The van der Waals surface area contributed by atoms with Gasteiger partial charge in [0.25, 0.3) is 0 Å². The topological polar surface area (TPSA) is 13.1 Å². The smallest absolute Gasteiger partial charge is 0.143 e. The second kappa shape index (κ2) is 13.0. The molecule has 0 aliphatic rings. The Morgan fingerprint density at radius 1 is 0.267 bits per heavy atom. The molecule has 2 aromatic heterocycles. The third-order valence-electron chi connectivity index (χ3n) is 12.6. The van der Waals surface area contributed by atoms with Gasteiger partial charge in [0.15, 0.2) is 0 Å². The Kier molecular flexibility index (Phi) is 7.24. The Hall–Kier alpha value is -7.52. The lowest BCUT2D eigenvalue weighted by Gasteiger charge is -2.18. The van der Waals surface area contributed by atoms with Crippen LogP contribution in [0.2, 0.25) is 0 Å². The van der Waals surface area contributed by atoms with E-state index in [0.29, 0.717) is 0 Å². The van der Waals surface area contributed by atoms with Gasteiger partial charge in [-0.1, -0.05) is 176 Å². The van der Waals surface area contributed by atoms with E-state index in [1.807, 2.05) is 11.3 Å². The molecule has 0 saturated heterocycles. The molecule has 0 amide bonds. The fourth-order valence-electron chi connectivity index (χ4n) is 10.1. The highest BCUT2D eigenvalue weighted by molar-refractivity contribution is 7.25. The molecule has 0 aliphatic carbocycles. The van der Waals surface area contributed by atoms with Crippen molar-refractivity contribution in [1.29, 1.82) is 0 Å². The minimum Gasteiger partial charge on any atom is -0.455 e. The minimum atomic E-state index is 0.886. The summed E-state index contributed by atoms with van der Waals surface area (Å²) in [5.74, 6) is 0. The van der Waals surface area contributed by atoms with Crippen LogP contribution in [0.4, 0.5) is 0 Å². The first-order valence-corrected chi connectivity index (χ1v) is 21.4. The number of thiophene rings is 1. The van der Waals surface area contributed by atoms with E-state index >= 15 is 0 Å². The summed E-state index contributed by atoms with van der Waals surface area (Å²) < 4.78 is 9.75. The maximum Gasteiger partial charge on any atom is 0.143 e. The molecular formula is C58H34OS. The molecule has 13 aromatic rings. The quantitative estimate of drug-likeness (QED) is 0.162. The van der Waals surface area contributed by atoms with E-state index in [2.05, 4.69) is 206 Å². The molecule has 0 bridgehead atoms. The van der Waals surface area contributed by atoms with Gasteiger partial charge in [-0.15, -0.1) is 11.3 Å².